The first-order chi connectivity index (χ1) is 7.64. The van der Waals surface area contributed by atoms with Crippen molar-refractivity contribution in [1.82, 2.24) is 0 Å². The first-order valence-electron chi connectivity index (χ1n) is 3.93. The maximum Gasteiger partial charge on any atom is 0.338 e. The van der Waals surface area contributed by atoms with Crippen LogP contribution in [-0.2, 0) is 10.1 Å². The SMILES string of the molecule is Nc1c(C(=O)O)cc([N+](=O)[O-])cc1S(=O)(=O)O. The number of nitro benzene ring substituents is 1. The van der Waals surface area contributed by atoms with Gasteiger partial charge in [-0.15, -0.1) is 0 Å². The van der Waals surface area contributed by atoms with Crippen molar-refractivity contribution in [2.45, 2.75) is 4.90 Å². The van der Waals surface area contributed by atoms with Crippen LogP contribution in [-0.4, -0.2) is 29.0 Å². The first-order valence-corrected chi connectivity index (χ1v) is 5.37. The third kappa shape index (κ3) is 2.49. The Bertz CT molecular complexity index is 607. The molecular formula is C7H6N2O7S. The Morgan fingerprint density at radius 3 is 2.29 bits per heavy atom. The molecule has 0 unspecified atom stereocenters. The van der Waals surface area contributed by atoms with E-state index < -0.39 is 42.8 Å². The van der Waals surface area contributed by atoms with Crippen molar-refractivity contribution in [3.63, 3.8) is 0 Å². The molecule has 0 radical (unpaired) electrons. The Labute approximate surface area is 94.4 Å². The lowest BCUT2D eigenvalue weighted by Gasteiger charge is -2.05. The third-order valence-corrected chi connectivity index (χ3v) is 2.74. The van der Waals surface area contributed by atoms with Gasteiger partial charge in [-0.05, 0) is 0 Å². The van der Waals surface area contributed by atoms with Crippen molar-refractivity contribution in [2.75, 3.05) is 5.73 Å². The van der Waals surface area contributed by atoms with Crippen LogP contribution in [0.25, 0.3) is 0 Å². The number of benzene rings is 1. The van der Waals surface area contributed by atoms with Crippen LogP contribution in [0.15, 0.2) is 17.0 Å². The molecule has 1 rings (SSSR count). The minimum Gasteiger partial charge on any atom is -0.478 e. The molecule has 0 bridgehead atoms. The molecule has 0 fully saturated rings. The highest BCUT2D eigenvalue weighted by molar-refractivity contribution is 7.86. The first kappa shape index (κ1) is 12.9. The molecule has 0 amide bonds. The van der Waals surface area contributed by atoms with E-state index in [0.717, 1.165) is 0 Å². The zero-order chi connectivity index (χ0) is 13.4. The average molecular weight is 262 g/mol. The summed E-state index contributed by atoms with van der Waals surface area (Å²) in [4.78, 5) is 19.1. The Hall–Kier alpha value is -2.20. The summed E-state index contributed by atoms with van der Waals surface area (Å²) in [5, 5.41) is 19.1. The molecule has 4 N–H and O–H groups in total. The highest BCUT2D eigenvalue weighted by atomic mass is 32.2. The number of carboxylic acids is 1. The quantitative estimate of drug-likeness (QED) is 0.299. The molecular weight excluding hydrogens is 256 g/mol. The molecule has 0 saturated heterocycles. The Morgan fingerprint density at radius 1 is 1.41 bits per heavy atom. The van der Waals surface area contributed by atoms with Crippen molar-refractivity contribution in [3.05, 3.63) is 27.8 Å². The molecule has 1 aromatic rings. The number of nitrogen functional groups attached to an aromatic ring is 1. The van der Waals surface area contributed by atoms with Crippen molar-refractivity contribution in [2.24, 2.45) is 0 Å². The van der Waals surface area contributed by atoms with E-state index in [1.807, 2.05) is 0 Å². The molecule has 9 nitrogen and oxygen atoms in total. The van der Waals surface area contributed by atoms with Gasteiger partial charge in [0.1, 0.15) is 4.90 Å². The third-order valence-electron chi connectivity index (χ3n) is 1.85. The second-order valence-electron chi connectivity index (χ2n) is 2.94. The van der Waals surface area contributed by atoms with E-state index in [4.69, 9.17) is 15.4 Å². The summed E-state index contributed by atoms with van der Waals surface area (Å²) >= 11 is 0. The zero-order valence-corrected chi connectivity index (χ0v) is 8.84. The molecule has 0 aromatic heterocycles. The van der Waals surface area contributed by atoms with E-state index in [0.29, 0.717) is 12.1 Å². The normalized spacial score (nSPS) is 11.1. The van der Waals surface area contributed by atoms with Gasteiger partial charge >= 0.3 is 5.97 Å². The number of hydrogen-bond acceptors (Lipinski definition) is 6. The number of aromatic carboxylic acids is 1. The second kappa shape index (κ2) is 3.99. The fraction of sp³-hybridized carbons (Fsp3) is 0. The van der Waals surface area contributed by atoms with Crippen molar-refractivity contribution >= 4 is 27.5 Å². The fourth-order valence-electron chi connectivity index (χ4n) is 1.11. The van der Waals surface area contributed by atoms with Gasteiger partial charge in [-0.1, -0.05) is 0 Å². The van der Waals surface area contributed by atoms with Gasteiger partial charge in [0.25, 0.3) is 15.8 Å². The van der Waals surface area contributed by atoms with Crippen LogP contribution in [0.4, 0.5) is 11.4 Å². The van der Waals surface area contributed by atoms with Gasteiger partial charge in [0.15, 0.2) is 0 Å². The number of anilines is 1. The highest BCUT2D eigenvalue weighted by Gasteiger charge is 2.25. The Kier molecular flexibility index (Phi) is 3.02. The van der Waals surface area contributed by atoms with E-state index in [9.17, 15) is 23.3 Å². The predicted molar refractivity (Wildman–Crippen MR) is 54.3 cm³/mol. The summed E-state index contributed by atoms with van der Waals surface area (Å²) in [6, 6.07) is 1.09. The smallest absolute Gasteiger partial charge is 0.338 e. The van der Waals surface area contributed by atoms with E-state index >= 15 is 0 Å². The molecule has 0 saturated carbocycles. The molecule has 10 heteroatoms. The van der Waals surface area contributed by atoms with Crippen molar-refractivity contribution in [3.8, 4) is 0 Å². The van der Waals surface area contributed by atoms with Crippen LogP contribution in [0.5, 0.6) is 0 Å². The molecule has 0 spiro atoms. The molecule has 1 aromatic carbocycles. The fourth-order valence-corrected chi connectivity index (χ4v) is 1.77. The average Bonchev–Trinajstić information content (AvgIpc) is 2.15. The van der Waals surface area contributed by atoms with Crippen LogP contribution < -0.4 is 5.73 Å². The van der Waals surface area contributed by atoms with Crippen LogP contribution in [0.2, 0.25) is 0 Å². The van der Waals surface area contributed by atoms with Crippen LogP contribution in [0.3, 0.4) is 0 Å². The molecule has 92 valence electrons. The van der Waals surface area contributed by atoms with Gasteiger partial charge in [-0.25, -0.2) is 4.79 Å². The summed E-state index contributed by atoms with van der Waals surface area (Å²) in [5.74, 6) is -1.64. The predicted octanol–water partition coefficient (Wildman–Crippen LogP) is 0.122. The van der Waals surface area contributed by atoms with E-state index in [2.05, 4.69) is 0 Å². The van der Waals surface area contributed by atoms with Crippen LogP contribution in [0, 0.1) is 10.1 Å². The number of rotatable bonds is 3. The van der Waals surface area contributed by atoms with Gasteiger partial charge in [-0.3, -0.25) is 14.7 Å². The summed E-state index contributed by atoms with van der Waals surface area (Å²) < 4.78 is 30.5. The van der Waals surface area contributed by atoms with E-state index in [1.165, 1.54) is 0 Å². The lowest BCUT2D eigenvalue weighted by Crippen LogP contribution is -2.10. The Morgan fingerprint density at radius 2 is 1.94 bits per heavy atom. The minimum atomic E-state index is -4.84. The minimum absolute atomic E-state index is 0.483. The van der Waals surface area contributed by atoms with E-state index in [1.54, 1.807) is 0 Å². The number of hydrogen-bond donors (Lipinski definition) is 3. The monoisotopic (exact) mass is 262 g/mol. The summed E-state index contributed by atoms with van der Waals surface area (Å²) in [6.45, 7) is 0. The van der Waals surface area contributed by atoms with Gasteiger partial charge in [0.05, 0.1) is 16.2 Å². The van der Waals surface area contributed by atoms with Crippen molar-refractivity contribution in [1.29, 1.82) is 0 Å². The Balaban J connectivity index is 3.73. The number of carbonyl (C=O) groups is 1. The number of nitrogens with zero attached hydrogens (tertiary/aromatic N) is 1. The van der Waals surface area contributed by atoms with Crippen LogP contribution in [0.1, 0.15) is 10.4 Å². The second-order valence-corrected chi connectivity index (χ2v) is 4.33. The molecule has 17 heavy (non-hydrogen) atoms. The molecule has 0 aliphatic carbocycles. The van der Waals surface area contributed by atoms with Gasteiger partial charge in [0, 0.05) is 12.1 Å². The largest absolute Gasteiger partial charge is 0.478 e. The number of non-ortho nitro benzene ring substituents is 1. The number of nitrogens with two attached hydrogens (primary N) is 1. The lowest BCUT2D eigenvalue weighted by atomic mass is 10.1. The van der Waals surface area contributed by atoms with Gasteiger partial charge in [-0.2, -0.15) is 8.42 Å². The highest BCUT2D eigenvalue weighted by Crippen LogP contribution is 2.28. The number of carboxylic acid groups (broad SMARTS) is 1. The summed E-state index contributed by atoms with van der Waals surface area (Å²) in [7, 11) is -4.84. The zero-order valence-electron chi connectivity index (χ0n) is 8.02. The lowest BCUT2D eigenvalue weighted by molar-refractivity contribution is -0.385. The summed E-state index contributed by atoms with van der Waals surface area (Å²) in [6.07, 6.45) is 0. The number of nitro groups is 1. The topological polar surface area (TPSA) is 161 Å². The maximum absolute atomic E-state index is 10.9. The van der Waals surface area contributed by atoms with Crippen LogP contribution >= 0.6 is 0 Å². The molecule has 0 aliphatic heterocycles. The maximum atomic E-state index is 10.9. The standard InChI is InChI=1S/C7H6N2O7S/c8-6-4(7(10)11)1-3(9(12)13)2-5(6)17(14,15)16/h1-2H,8H2,(H,10,11)(H,14,15,16). The molecule has 0 heterocycles. The summed E-state index contributed by atoms with van der Waals surface area (Å²) in [5.41, 5.74) is 2.87. The molecule has 0 atom stereocenters. The van der Waals surface area contributed by atoms with Gasteiger partial charge < -0.3 is 10.8 Å². The van der Waals surface area contributed by atoms with Crippen molar-refractivity contribution < 1.29 is 27.8 Å². The molecule has 0 aliphatic rings. The van der Waals surface area contributed by atoms with E-state index in [-0.39, 0.29) is 0 Å². The van der Waals surface area contributed by atoms with Gasteiger partial charge in [0.2, 0.25) is 0 Å².